The molecule has 0 spiro atoms. The smallest absolute Gasteiger partial charge is 0.164 e. The molecule has 57 heavy (non-hydrogen) atoms. The second-order valence-electron chi connectivity index (χ2n) is 16.5. The van der Waals surface area contributed by atoms with E-state index < -0.39 is 0 Å². The average molecular weight is 734 g/mol. The molecule has 4 nitrogen and oxygen atoms in total. The summed E-state index contributed by atoms with van der Waals surface area (Å²) in [5.74, 6) is 2.11. The van der Waals surface area contributed by atoms with Gasteiger partial charge in [0.05, 0.1) is 0 Å². The molecule has 4 aliphatic rings. The topological polar surface area (TPSA) is 51.8 Å². The lowest BCUT2D eigenvalue weighted by molar-refractivity contribution is 0.661. The summed E-state index contributed by atoms with van der Waals surface area (Å²) in [6, 6.07) is 43.5. The van der Waals surface area contributed by atoms with Crippen LogP contribution < -0.4 is 0 Å². The van der Waals surface area contributed by atoms with Crippen molar-refractivity contribution in [3.05, 3.63) is 190 Å². The predicted octanol–water partition coefficient (Wildman–Crippen LogP) is 12.8. The van der Waals surface area contributed by atoms with Crippen molar-refractivity contribution >= 4 is 27.5 Å². The summed E-state index contributed by atoms with van der Waals surface area (Å²) in [5, 5.41) is 2.24. The zero-order valence-electron chi connectivity index (χ0n) is 32.1. The highest BCUT2D eigenvalue weighted by Gasteiger charge is 2.38. The Morgan fingerprint density at radius 1 is 0.649 bits per heavy atom. The summed E-state index contributed by atoms with van der Waals surface area (Å²) in [6.07, 6.45) is 11.9. The van der Waals surface area contributed by atoms with Gasteiger partial charge in [-0.3, -0.25) is 0 Å². The van der Waals surface area contributed by atoms with E-state index >= 15 is 0 Å². The highest BCUT2D eigenvalue weighted by Crippen LogP contribution is 2.52. The van der Waals surface area contributed by atoms with Gasteiger partial charge < -0.3 is 4.42 Å². The molecule has 0 unspecified atom stereocenters. The third kappa shape index (κ3) is 4.89. The Bertz CT molecular complexity index is 3120. The lowest BCUT2D eigenvalue weighted by atomic mass is 9.72. The van der Waals surface area contributed by atoms with E-state index in [1.807, 2.05) is 18.2 Å². The molecule has 0 bridgehead atoms. The maximum atomic E-state index is 6.56. The highest BCUT2D eigenvalue weighted by molar-refractivity contribution is 6.08. The fourth-order valence-corrected chi connectivity index (χ4v) is 10.4. The van der Waals surface area contributed by atoms with Crippen molar-refractivity contribution in [3.8, 4) is 45.0 Å². The van der Waals surface area contributed by atoms with Crippen molar-refractivity contribution < 1.29 is 4.42 Å². The second-order valence-corrected chi connectivity index (χ2v) is 16.5. The van der Waals surface area contributed by atoms with E-state index in [1.165, 1.54) is 66.8 Å². The van der Waals surface area contributed by atoms with Crippen LogP contribution in [0.25, 0.3) is 72.5 Å². The first kappa shape index (κ1) is 32.6. The Kier molecular flexibility index (Phi) is 6.96. The molecule has 272 valence electrons. The van der Waals surface area contributed by atoms with Gasteiger partial charge in [-0.1, -0.05) is 135 Å². The molecule has 0 radical (unpaired) electrons. The number of aryl methyl sites for hydroxylation is 1. The van der Waals surface area contributed by atoms with Crippen molar-refractivity contribution in [3.63, 3.8) is 0 Å². The fourth-order valence-electron chi connectivity index (χ4n) is 10.4. The SMILES string of the molecule is CC1(C)c2ccccc2-c2cccc(-c3nc(Cc4cccc5oc6ccc(-c7ccc8c9c7CC=C7CC=CC(=C79)CC8)cc6c45)nc(-c4ccccc4)n3)c21. The van der Waals surface area contributed by atoms with Crippen LogP contribution in [0.2, 0.25) is 0 Å². The Morgan fingerprint density at radius 2 is 1.47 bits per heavy atom. The molecule has 0 atom stereocenters. The molecule has 0 amide bonds. The van der Waals surface area contributed by atoms with Crippen LogP contribution in [-0.4, -0.2) is 15.0 Å². The Hall–Kier alpha value is -6.65. The highest BCUT2D eigenvalue weighted by atomic mass is 16.3. The van der Waals surface area contributed by atoms with Gasteiger partial charge in [0.2, 0.25) is 0 Å². The van der Waals surface area contributed by atoms with Crippen LogP contribution in [-0.2, 0) is 24.7 Å². The minimum atomic E-state index is -0.205. The number of hydrogen-bond donors (Lipinski definition) is 0. The van der Waals surface area contributed by atoms with Gasteiger partial charge in [0.1, 0.15) is 17.0 Å². The third-order valence-electron chi connectivity index (χ3n) is 12.9. The monoisotopic (exact) mass is 733 g/mol. The van der Waals surface area contributed by atoms with Crippen molar-refractivity contribution in [1.82, 2.24) is 15.0 Å². The molecule has 2 aromatic heterocycles. The zero-order valence-corrected chi connectivity index (χ0v) is 32.1. The number of allylic oxidation sites excluding steroid dienone is 6. The third-order valence-corrected chi connectivity index (χ3v) is 12.9. The molecule has 8 aromatic rings. The Morgan fingerprint density at radius 3 is 2.40 bits per heavy atom. The van der Waals surface area contributed by atoms with Gasteiger partial charge in [-0.2, -0.15) is 0 Å². The molecular weight excluding hydrogens is 695 g/mol. The molecule has 0 saturated heterocycles. The number of hydrogen-bond acceptors (Lipinski definition) is 4. The van der Waals surface area contributed by atoms with Crippen LogP contribution in [0, 0.1) is 0 Å². The van der Waals surface area contributed by atoms with Crippen LogP contribution in [0.5, 0.6) is 0 Å². The molecule has 6 aromatic carbocycles. The van der Waals surface area contributed by atoms with E-state index in [9.17, 15) is 0 Å². The van der Waals surface area contributed by atoms with Crippen molar-refractivity contribution in [2.45, 2.75) is 51.4 Å². The molecule has 12 rings (SSSR count). The normalized spacial score (nSPS) is 15.8. The Balaban J connectivity index is 1.00. The fraction of sp³-hybridized carbons (Fsp3) is 0.151. The quantitative estimate of drug-likeness (QED) is 0.177. The Labute approximate surface area is 332 Å². The van der Waals surface area contributed by atoms with Gasteiger partial charge in [0.15, 0.2) is 11.6 Å². The van der Waals surface area contributed by atoms with Gasteiger partial charge in [0, 0.05) is 33.7 Å². The molecule has 0 saturated carbocycles. The van der Waals surface area contributed by atoms with Crippen LogP contribution >= 0.6 is 0 Å². The summed E-state index contributed by atoms with van der Waals surface area (Å²) >= 11 is 0. The first-order chi connectivity index (χ1) is 28.0. The maximum Gasteiger partial charge on any atom is 0.164 e. The number of furan rings is 1. The largest absolute Gasteiger partial charge is 0.456 e. The minimum absolute atomic E-state index is 0.205. The van der Waals surface area contributed by atoms with Crippen LogP contribution in [0.1, 0.15) is 65.9 Å². The molecule has 0 fully saturated rings. The van der Waals surface area contributed by atoms with Gasteiger partial charge >= 0.3 is 0 Å². The number of fused-ring (bicyclic) bond motifs is 6. The van der Waals surface area contributed by atoms with E-state index in [-0.39, 0.29) is 5.41 Å². The summed E-state index contributed by atoms with van der Waals surface area (Å²) in [4.78, 5) is 15.7. The van der Waals surface area contributed by atoms with Crippen LogP contribution in [0.15, 0.2) is 155 Å². The van der Waals surface area contributed by atoms with Gasteiger partial charge in [0.25, 0.3) is 0 Å². The number of nitrogens with zero attached hydrogens (tertiary/aromatic N) is 3. The zero-order chi connectivity index (χ0) is 37.8. The van der Waals surface area contributed by atoms with Crippen LogP contribution in [0.4, 0.5) is 0 Å². The van der Waals surface area contributed by atoms with Gasteiger partial charge in [-0.25, -0.2) is 15.0 Å². The summed E-state index contributed by atoms with van der Waals surface area (Å²) in [7, 11) is 0. The van der Waals surface area contributed by atoms with Crippen molar-refractivity contribution in [1.29, 1.82) is 0 Å². The maximum absolute atomic E-state index is 6.56. The average Bonchev–Trinajstić information content (AvgIpc) is 3.75. The predicted molar refractivity (Wildman–Crippen MR) is 231 cm³/mol. The van der Waals surface area contributed by atoms with Crippen LogP contribution in [0.3, 0.4) is 0 Å². The van der Waals surface area contributed by atoms with Crippen molar-refractivity contribution in [2.75, 3.05) is 0 Å². The first-order valence-electron chi connectivity index (χ1n) is 20.2. The first-order valence-corrected chi connectivity index (χ1v) is 20.2. The molecule has 0 aliphatic heterocycles. The number of aromatic nitrogens is 3. The van der Waals surface area contributed by atoms with E-state index in [1.54, 1.807) is 0 Å². The molecular formula is C53H39N3O. The van der Waals surface area contributed by atoms with E-state index in [0.29, 0.717) is 18.1 Å². The molecule has 2 heterocycles. The second kappa shape index (κ2) is 12.2. The van der Waals surface area contributed by atoms with E-state index in [4.69, 9.17) is 19.4 Å². The van der Waals surface area contributed by atoms with E-state index in [0.717, 1.165) is 70.1 Å². The summed E-state index contributed by atoms with van der Waals surface area (Å²) in [6.45, 7) is 4.63. The standard InChI is InChI=1S/C53H39N3O/c1-53(2)43-19-7-6-16-38(43)40-17-10-18-41(50(40)53)52-55-46(54-51(56-52)34-11-4-3-5-12-34)30-36-15-9-20-45-48(36)42-29-35(25-28-44(42)57-45)37-26-23-33-22-21-31-13-8-14-32-24-27-39(37)49(33)47(31)32/h3-13,15-20,23-26,28-29H,14,21-22,27,30H2,1-2H3. The molecule has 4 heteroatoms. The summed E-state index contributed by atoms with van der Waals surface area (Å²) < 4.78 is 6.56. The minimum Gasteiger partial charge on any atom is -0.456 e. The number of rotatable bonds is 5. The van der Waals surface area contributed by atoms with Gasteiger partial charge in [-0.05, 0) is 116 Å². The van der Waals surface area contributed by atoms with Crippen molar-refractivity contribution in [2.24, 2.45) is 0 Å². The molecule has 0 N–H and O–H groups in total. The van der Waals surface area contributed by atoms with E-state index in [2.05, 4.69) is 135 Å². The summed E-state index contributed by atoms with van der Waals surface area (Å²) in [5.41, 5.74) is 21.3. The number of benzene rings is 6. The lowest BCUT2D eigenvalue weighted by Gasteiger charge is -2.32. The lowest BCUT2D eigenvalue weighted by Crippen LogP contribution is -2.17. The van der Waals surface area contributed by atoms with Gasteiger partial charge in [-0.15, -0.1) is 0 Å². The molecule has 4 aliphatic carbocycles.